The molecular formula is C28H33N3O6. The predicted molar refractivity (Wildman–Crippen MR) is 136 cm³/mol. The second kappa shape index (κ2) is 11.6. The second-order valence-electron chi connectivity index (χ2n) is 9.87. The smallest absolute Gasteiger partial charge is 0.326 e. The normalized spacial score (nSPS) is 22.7. The lowest BCUT2D eigenvalue weighted by molar-refractivity contribution is -0.151. The van der Waals surface area contributed by atoms with Crippen molar-refractivity contribution in [1.82, 2.24) is 15.1 Å². The van der Waals surface area contributed by atoms with Crippen LogP contribution < -0.4 is 5.32 Å². The molecule has 4 rings (SSSR count). The third-order valence-corrected chi connectivity index (χ3v) is 7.47. The number of aryl methyl sites for hydroxylation is 1. The summed E-state index contributed by atoms with van der Waals surface area (Å²) in [5.74, 6) is -2.80. The van der Waals surface area contributed by atoms with Crippen LogP contribution in [0.25, 0.3) is 0 Å². The van der Waals surface area contributed by atoms with Crippen LogP contribution in [-0.4, -0.2) is 81.0 Å². The second-order valence-corrected chi connectivity index (χ2v) is 9.87. The number of hydrogen-bond donors (Lipinski definition) is 3. The van der Waals surface area contributed by atoms with Gasteiger partial charge in [0.15, 0.2) is 0 Å². The Morgan fingerprint density at radius 2 is 1.65 bits per heavy atom. The third kappa shape index (κ3) is 5.99. The van der Waals surface area contributed by atoms with E-state index in [1.807, 2.05) is 36.4 Å². The highest BCUT2D eigenvalue weighted by molar-refractivity contribution is 5.94. The molecule has 0 aromatic heterocycles. The summed E-state index contributed by atoms with van der Waals surface area (Å²) < 4.78 is 0. The van der Waals surface area contributed by atoms with Gasteiger partial charge in [0.05, 0.1) is 12.1 Å². The number of nitrogens with zero attached hydrogens (tertiary/aromatic N) is 2. The molecule has 2 amide bonds. The van der Waals surface area contributed by atoms with Crippen LogP contribution in [0.5, 0.6) is 0 Å². The number of carbonyl (C=O) groups excluding carboxylic acids is 2. The van der Waals surface area contributed by atoms with Gasteiger partial charge < -0.3 is 20.0 Å². The average Bonchev–Trinajstić information content (AvgIpc) is 3.30. The fraction of sp³-hybridized carbons (Fsp3) is 0.429. The number of benzene rings is 2. The molecule has 5 atom stereocenters. The van der Waals surface area contributed by atoms with Crippen LogP contribution in [0.3, 0.4) is 0 Å². The van der Waals surface area contributed by atoms with E-state index in [9.17, 15) is 29.4 Å². The molecular weight excluding hydrogens is 474 g/mol. The molecule has 2 fully saturated rings. The Morgan fingerprint density at radius 1 is 1.00 bits per heavy atom. The Labute approximate surface area is 216 Å². The van der Waals surface area contributed by atoms with Crippen molar-refractivity contribution in [2.45, 2.75) is 56.8 Å². The van der Waals surface area contributed by atoms with Gasteiger partial charge in [0.25, 0.3) is 5.91 Å². The first-order valence-electron chi connectivity index (χ1n) is 12.7. The summed E-state index contributed by atoms with van der Waals surface area (Å²) in [6, 6.07) is 15.0. The first-order valence-corrected chi connectivity index (χ1v) is 12.7. The lowest BCUT2D eigenvalue weighted by atomic mass is 9.91. The van der Waals surface area contributed by atoms with E-state index in [0.29, 0.717) is 31.4 Å². The molecule has 0 spiro atoms. The molecule has 2 saturated heterocycles. The molecule has 0 radical (unpaired) electrons. The maximum Gasteiger partial charge on any atom is 0.326 e. The summed E-state index contributed by atoms with van der Waals surface area (Å²) >= 11 is 0. The van der Waals surface area contributed by atoms with E-state index in [2.05, 4.69) is 5.32 Å². The highest BCUT2D eigenvalue weighted by atomic mass is 16.4. The molecule has 9 heteroatoms. The number of rotatable bonds is 9. The van der Waals surface area contributed by atoms with E-state index >= 15 is 0 Å². The van der Waals surface area contributed by atoms with Gasteiger partial charge in [-0.2, -0.15) is 0 Å². The number of fused-ring (bicyclic) bond motifs is 1. The lowest BCUT2D eigenvalue weighted by Gasteiger charge is -2.40. The Morgan fingerprint density at radius 3 is 2.27 bits per heavy atom. The van der Waals surface area contributed by atoms with Gasteiger partial charge in [-0.3, -0.25) is 19.7 Å². The summed E-state index contributed by atoms with van der Waals surface area (Å²) in [6.45, 7) is 2.32. The predicted octanol–water partition coefficient (Wildman–Crippen LogP) is 2.27. The first-order chi connectivity index (χ1) is 17.8. The minimum Gasteiger partial charge on any atom is -0.480 e. The monoisotopic (exact) mass is 507 g/mol. The Kier molecular flexibility index (Phi) is 8.23. The zero-order valence-corrected chi connectivity index (χ0v) is 20.8. The number of hydrogen-bond acceptors (Lipinski definition) is 5. The van der Waals surface area contributed by atoms with Crippen molar-refractivity contribution < 1.29 is 29.4 Å². The van der Waals surface area contributed by atoms with Crippen molar-refractivity contribution >= 4 is 23.8 Å². The Bertz CT molecular complexity index is 1130. The number of piperidine rings is 1. The van der Waals surface area contributed by atoms with E-state index in [1.54, 1.807) is 36.1 Å². The number of amides is 2. The van der Waals surface area contributed by atoms with Crippen LogP contribution in [0.1, 0.15) is 42.1 Å². The summed E-state index contributed by atoms with van der Waals surface area (Å²) in [5, 5.41) is 22.6. The highest BCUT2D eigenvalue weighted by Gasteiger charge is 2.50. The molecule has 2 aliphatic rings. The summed E-state index contributed by atoms with van der Waals surface area (Å²) in [5.41, 5.74) is 1.54. The number of nitrogens with one attached hydrogen (secondary N) is 1. The van der Waals surface area contributed by atoms with Gasteiger partial charge in [-0.1, -0.05) is 48.5 Å². The van der Waals surface area contributed by atoms with Crippen LogP contribution in [0.4, 0.5) is 0 Å². The fourth-order valence-electron chi connectivity index (χ4n) is 5.52. The minimum atomic E-state index is -1.09. The van der Waals surface area contributed by atoms with E-state index in [1.165, 1.54) is 4.90 Å². The molecule has 0 aliphatic carbocycles. The SMILES string of the molecule is C[C@H](N[C@H](CCc1ccccc1)C(=O)O)C(=O)N1[C@@H]2CN(C(=O)c3ccccc3)CC[C@@H]2C[C@H]1C(=O)O. The number of likely N-dealkylation sites (tertiary alicyclic amines) is 2. The Balaban J connectivity index is 1.47. The van der Waals surface area contributed by atoms with Gasteiger partial charge in [0, 0.05) is 18.7 Å². The molecule has 196 valence electrons. The van der Waals surface area contributed by atoms with Gasteiger partial charge in [0.2, 0.25) is 5.91 Å². The van der Waals surface area contributed by atoms with Gasteiger partial charge in [0.1, 0.15) is 12.1 Å². The highest BCUT2D eigenvalue weighted by Crippen LogP contribution is 2.37. The molecule has 0 unspecified atom stereocenters. The van der Waals surface area contributed by atoms with Crippen molar-refractivity contribution in [1.29, 1.82) is 0 Å². The van der Waals surface area contributed by atoms with Crippen LogP contribution in [0.2, 0.25) is 0 Å². The first kappa shape index (κ1) is 26.3. The summed E-state index contributed by atoms with van der Waals surface area (Å²) in [7, 11) is 0. The number of carboxylic acids is 2. The number of aliphatic carboxylic acids is 2. The Hall–Kier alpha value is -3.72. The molecule has 0 saturated carbocycles. The van der Waals surface area contributed by atoms with Gasteiger partial charge in [-0.05, 0) is 56.2 Å². The molecule has 37 heavy (non-hydrogen) atoms. The molecule has 9 nitrogen and oxygen atoms in total. The quantitative estimate of drug-likeness (QED) is 0.475. The number of carbonyl (C=O) groups is 4. The summed E-state index contributed by atoms with van der Waals surface area (Å²) in [6.07, 6.45) is 1.73. The average molecular weight is 508 g/mol. The van der Waals surface area contributed by atoms with Crippen molar-refractivity contribution in [3.05, 3.63) is 71.8 Å². The maximum atomic E-state index is 13.6. The molecule has 3 N–H and O–H groups in total. The zero-order valence-electron chi connectivity index (χ0n) is 20.8. The largest absolute Gasteiger partial charge is 0.480 e. The van der Waals surface area contributed by atoms with Gasteiger partial charge in [-0.25, -0.2) is 4.79 Å². The standard InChI is InChI=1S/C28H33N3O6/c1-18(29-22(27(34)35)13-12-19-8-4-2-5-9-19)25(32)31-23(28(36)37)16-21-14-15-30(17-24(21)31)26(33)20-10-6-3-7-11-20/h2-11,18,21-24,29H,12-17H2,1H3,(H,34,35)(H,36,37)/t18-,21+,22+,23-,24+/m0/s1. The molecule has 2 aromatic rings. The van der Waals surface area contributed by atoms with Crippen LogP contribution in [0, 0.1) is 5.92 Å². The van der Waals surface area contributed by atoms with E-state index in [-0.39, 0.29) is 24.8 Å². The molecule has 2 aromatic carbocycles. The minimum absolute atomic E-state index is 0.0366. The lowest BCUT2D eigenvalue weighted by Crippen LogP contribution is -2.58. The van der Waals surface area contributed by atoms with Gasteiger partial charge >= 0.3 is 11.9 Å². The molecule has 2 aliphatic heterocycles. The summed E-state index contributed by atoms with van der Waals surface area (Å²) in [4.78, 5) is 53.8. The van der Waals surface area contributed by atoms with E-state index in [4.69, 9.17) is 0 Å². The van der Waals surface area contributed by atoms with Crippen molar-refractivity contribution in [2.75, 3.05) is 13.1 Å². The van der Waals surface area contributed by atoms with Gasteiger partial charge in [-0.15, -0.1) is 0 Å². The number of carboxylic acid groups (broad SMARTS) is 2. The van der Waals surface area contributed by atoms with Crippen LogP contribution >= 0.6 is 0 Å². The van der Waals surface area contributed by atoms with Crippen LogP contribution in [-0.2, 0) is 20.8 Å². The zero-order chi connectivity index (χ0) is 26.5. The van der Waals surface area contributed by atoms with Crippen molar-refractivity contribution in [3.8, 4) is 0 Å². The van der Waals surface area contributed by atoms with E-state index < -0.39 is 42.0 Å². The molecule has 2 heterocycles. The maximum absolute atomic E-state index is 13.6. The van der Waals surface area contributed by atoms with Crippen molar-refractivity contribution in [2.24, 2.45) is 5.92 Å². The van der Waals surface area contributed by atoms with E-state index in [0.717, 1.165) is 5.56 Å². The topological polar surface area (TPSA) is 127 Å². The van der Waals surface area contributed by atoms with Crippen LogP contribution in [0.15, 0.2) is 60.7 Å². The van der Waals surface area contributed by atoms with Crippen molar-refractivity contribution in [3.63, 3.8) is 0 Å². The third-order valence-electron chi connectivity index (χ3n) is 7.47. The fourth-order valence-corrected chi connectivity index (χ4v) is 5.52. The molecule has 0 bridgehead atoms.